The van der Waals surface area contributed by atoms with Crippen molar-refractivity contribution in [3.63, 3.8) is 0 Å². The molecule has 1 aromatic heterocycles. The fraction of sp³-hybridized carbons (Fsp3) is 0.0500. The molecule has 3 rings (SSSR count). The fourth-order valence-electron chi connectivity index (χ4n) is 2.56. The maximum atomic E-state index is 13.0. The summed E-state index contributed by atoms with van der Waals surface area (Å²) in [6, 6.07) is 15.1. The van der Waals surface area contributed by atoms with E-state index >= 15 is 0 Å². The summed E-state index contributed by atoms with van der Waals surface area (Å²) in [5.41, 5.74) is 2.07. The van der Waals surface area contributed by atoms with Crippen LogP contribution in [0.3, 0.4) is 0 Å². The number of nitro benzene ring substituents is 1. The second-order valence-electron chi connectivity index (χ2n) is 5.50. The number of non-ortho nitro benzene ring substituents is 1. The number of Topliss-reactive ketones (excluding diaryl/α,β-unsaturated/α-hetero) is 1. The van der Waals surface area contributed by atoms with E-state index in [0.29, 0.717) is 16.9 Å². The van der Waals surface area contributed by atoms with Crippen molar-refractivity contribution in [1.82, 2.24) is 0 Å². The first kappa shape index (κ1) is 17.6. The van der Waals surface area contributed by atoms with E-state index < -0.39 is 4.92 Å². The van der Waals surface area contributed by atoms with Gasteiger partial charge >= 0.3 is 0 Å². The summed E-state index contributed by atoms with van der Waals surface area (Å²) in [4.78, 5) is 24.3. The van der Waals surface area contributed by atoms with E-state index in [0.717, 1.165) is 10.4 Å². The number of nitro groups is 1. The molecule has 0 aliphatic carbocycles. The van der Waals surface area contributed by atoms with E-state index in [9.17, 15) is 14.9 Å². The van der Waals surface area contributed by atoms with Crippen LogP contribution in [0.25, 0.3) is 16.0 Å². The van der Waals surface area contributed by atoms with Crippen molar-refractivity contribution in [2.45, 2.75) is 0 Å². The molecule has 2 aromatic carbocycles. The number of ketones is 1. The van der Waals surface area contributed by atoms with Gasteiger partial charge in [0.1, 0.15) is 5.75 Å². The largest absolute Gasteiger partial charge is 0.496 e. The van der Waals surface area contributed by atoms with Crippen molar-refractivity contribution in [2.75, 3.05) is 7.11 Å². The van der Waals surface area contributed by atoms with E-state index in [4.69, 9.17) is 4.74 Å². The van der Waals surface area contributed by atoms with Gasteiger partial charge in [0, 0.05) is 22.6 Å². The average Bonchev–Trinajstić information content (AvgIpc) is 3.21. The molecule has 6 heteroatoms. The topological polar surface area (TPSA) is 69.4 Å². The van der Waals surface area contributed by atoms with Gasteiger partial charge in [-0.25, -0.2) is 0 Å². The van der Waals surface area contributed by atoms with Crippen LogP contribution in [0.5, 0.6) is 5.75 Å². The van der Waals surface area contributed by atoms with Crippen LogP contribution in [0.1, 0.15) is 15.9 Å². The zero-order valence-electron chi connectivity index (χ0n) is 14.0. The van der Waals surface area contributed by atoms with Gasteiger partial charge in [0.25, 0.3) is 5.69 Å². The molecule has 0 saturated heterocycles. The van der Waals surface area contributed by atoms with Gasteiger partial charge in [0.2, 0.25) is 0 Å². The number of hydrogen-bond acceptors (Lipinski definition) is 5. The molecule has 0 bridgehead atoms. The van der Waals surface area contributed by atoms with E-state index in [1.165, 1.54) is 31.4 Å². The first-order chi connectivity index (χ1) is 12.5. The third-order valence-corrected chi connectivity index (χ3v) is 4.87. The van der Waals surface area contributed by atoms with Crippen LogP contribution in [0.2, 0.25) is 0 Å². The molecular weight excluding hydrogens is 350 g/mol. The summed E-state index contributed by atoms with van der Waals surface area (Å²) >= 11 is 1.58. The highest BCUT2D eigenvalue weighted by atomic mass is 32.1. The Kier molecular flexibility index (Phi) is 4.95. The summed E-state index contributed by atoms with van der Waals surface area (Å²) < 4.78 is 5.33. The maximum absolute atomic E-state index is 13.0. The highest BCUT2D eigenvalue weighted by molar-refractivity contribution is 7.13. The molecule has 0 N–H and O–H groups in total. The van der Waals surface area contributed by atoms with E-state index in [2.05, 4.69) is 6.58 Å². The van der Waals surface area contributed by atoms with Gasteiger partial charge < -0.3 is 4.74 Å². The molecule has 26 heavy (non-hydrogen) atoms. The van der Waals surface area contributed by atoms with Gasteiger partial charge in [0.05, 0.1) is 17.6 Å². The molecule has 0 spiro atoms. The number of nitrogens with zero attached hydrogens (tertiary/aromatic N) is 1. The first-order valence-electron chi connectivity index (χ1n) is 7.71. The number of allylic oxidation sites excluding steroid dienone is 1. The Hall–Kier alpha value is -3.25. The standard InChI is InChI=1S/C20H15NO4S/c1-13(14-5-8-16(9-6-14)21(23)24)20(22)17-12-15(7-10-18(17)25-2)19-4-3-11-26-19/h3-12H,1H2,2H3. The monoisotopic (exact) mass is 365 g/mol. The minimum atomic E-state index is -0.484. The lowest BCUT2D eigenvalue weighted by Gasteiger charge is -2.11. The Morgan fingerprint density at radius 2 is 1.88 bits per heavy atom. The quantitative estimate of drug-likeness (QED) is 0.260. The lowest BCUT2D eigenvalue weighted by molar-refractivity contribution is -0.384. The summed E-state index contributed by atoms with van der Waals surface area (Å²) in [6.45, 7) is 3.87. The summed E-state index contributed by atoms with van der Waals surface area (Å²) in [7, 11) is 1.51. The van der Waals surface area contributed by atoms with E-state index in [-0.39, 0.29) is 17.0 Å². The SMILES string of the molecule is C=C(C(=O)c1cc(-c2cccs2)ccc1OC)c1ccc([N+](=O)[O-])cc1. The second-order valence-corrected chi connectivity index (χ2v) is 6.45. The normalized spacial score (nSPS) is 10.3. The Morgan fingerprint density at radius 3 is 2.46 bits per heavy atom. The number of methoxy groups -OCH3 is 1. The van der Waals surface area contributed by atoms with Crippen molar-refractivity contribution in [2.24, 2.45) is 0 Å². The number of carbonyl (C=O) groups is 1. The Morgan fingerprint density at radius 1 is 1.15 bits per heavy atom. The predicted molar refractivity (Wildman–Crippen MR) is 103 cm³/mol. The molecule has 0 atom stereocenters. The second kappa shape index (κ2) is 7.33. The molecule has 0 radical (unpaired) electrons. The summed E-state index contributed by atoms with van der Waals surface area (Å²) in [5.74, 6) is 0.174. The van der Waals surface area contributed by atoms with E-state index in [1.807, 2.05) is 23.6 Å². The molecule has 130 valence electrons. The van der Waals surface area contributed by atoms with Gasteiger partial charge in [-0.2, -0.15) is 0 Å². The van der Waals surface area contributed by atoms with Crippen molar-refractivity contribution in [3.05, 3.63) is 87.8 Å². The molecule has 5 nitrogen and oxygen atoms in total. The smallest absolute Gasteiger partial charge is 0.269 e. The lowest BCUT2D eigenvalue weighted by Crippen LogP contribution is -2.05. The number of rotatable bonds is 6. The molecule has 0 saturated carbocycles. The van der Waals surface area contributed by atoms with Gasteiger partial charge in [-0.15, -0.1) is 11.3 Å². The van der Waals surface area contributed by atoms with Gasteiger partial charge in [-0.3, -0.25) is 14.9 Å². The molecule has 0 aliphatic rings. The lowest BCUT2D eigenvalue weighted by atomic mass is 9.96. The number of thiophene rings is 1. The van der Waals surface area contributed by atoms with Crippen molar-refractivity contribution < 1.29 is 14.5 Å². The number of carbonyl (C=O) groups excluding carboxylic acids is 1. The van der Waals surface area contributed by atoms with Gasteiger partial charge in [-0.1, -0.05) is 12.6 Å². The summed E-state index contributed by atoms with van der Waals surface area (Å²) in [6.07, 6.45) is 0. The van der Waals surface area contributed by atoms with Crippen LogP contribution in [0.15, 0.2) is 66.6 Å². The summed E-state index contributed by atoms with van der Waals surface area (Å²) in [5, 5.41) is 12.7. The molecule has 0 unspecified atom stereocenters. The van der Waals surface area contributed by atoms with Crippen LogP contribution >= 0.6 is 11.3 Å². The van der Waals surface area contributed by atoms with Crippen molar-refractivity contribution >= 4 is 28.4 Å². The number of benzene rings is 2. The van der Waals surface area contributed by atoms with Crippen molar-refractivity contribution in [3.8, 4) is 16.2 Å². The molecule has 0 amide bonds. The zero-order chi connectivity index (χ0) is 18.7. The highest BCUT2D eigenvalue weighted by Crippen LogP contribution is 2.32. The van der Waals surface area contributed by atoms with Crippen LogP contribution in [-0.4, -0.2) is 17.8 Å². The fourth-order valence-corrected chi connectivity index (χ4v) is 3.28. The average molecular weight is 365 g/mol. The molecule has 0 aliphatic heterocycles. The van der Waals surface area contributed by atoms with Crippen LogP contribution in [0.4, 0.5) is 5.69 Å². The number of ether oxygens (including phenoxy) is 1. The van der Waals surface area contributed by atoms with Crippen LogP contribution < -0.4 is 4.74 Å². The predicted octanol–water partition coefficient (Wildman–Crippen LogP) is 5.23. The third-order valence-electron chi connectivity index (χ3n) is 3.95. The minimum Gasteiger partial charge on any atom is -0.496 e. The third kappa shape index (κ3) is 3.41. The molecular formula is C20H15NO4S. The Labute approximate surface area is 154 Å². The maximum Gasteiger partial charge on any atom is 0.269 e. The molecule has 1 heterocycles. The van der Waals surface area contributed by atoms with Crippen LogP contribution in [-0.2, 0) is 0 Å². The number of hydrogen-bond donors (Lipinski definition) is 0. The van der Waals surface area contributed by atoms with Crippen LogP contribution in [0, 0.1) is 10.1 Å². The van der Waals surface area contributed by atoms with Gasteiger partial charge in [0.15, 0.2) is 5.78 Å². The van der Waals surface area contributed by atoms with Gasteiger partial charge in [-0.05, 0) is 52.9 Å². The molecule has 3 aromatic rings. The Bertz CT molecular complexity index is 976. The Balaban J connectivity index is 1.96. The highest BCUT2D eigenvalue weighted by Gasteiger charge is 2.19. The van der Waals surface area contributed by atoms with E-state index in [1.54, 1.807) is 23.5 Å². The minimum absolute atomic E-state index is 0.0359. The zero-order valence-corrected chi connectivity index (χ0v) is 14.8. The molecule has 0 fully saturated rings. The van der Waals surface area contributed by atoms with Crippen molar-refractivity contribution in [1.29, 1.82) is 0 Å². The first-order valence-corrected chi connectivity index (χ1v) is 8.59.